The molecule has 1 aromatic carbocycles. The molecule has 0 unspecified atom stereocenters. The van der Waals surface area contributed by atoms with Crippen LogP contribution in [0.15, 0.2) is 36.7 Å². The summed E-state index contributed by atoms with van der Waals surface area (Å²) < 4.78 is 7.25. The number of benzene rings is 1. The summed E-state index contributed by atoms with van der Waals surface area (Å²) in [5.41, 5.74) is 2.24. The predicted molar refractivity (Wildman–Crippen MR) is 80.5 cm³/mol. The number of ketones is 1. The predicted octanol–water partition coefficient (Wildman–Crippen LogP) is 3.40. The molecule has 0 aliphatic rings. The van der Waals surface area contributed by atoms with Crippen LogP contribution in [-0.4, -0.2) is 17.5 Å². The van der Waals surface area contributed by atoms with Crippen molar-refractivity contribution < 1.29 is 9.53 Å². The first-order chi connectivity index (χ1) is 10.2. The lowest BCUT2D eigenvalue weighted by molar-refractivity contribution is 0.0981. The van der Waals surface area contributed by atoms with Crippen molar-refractivity contribution in [3.05, 3.63) is 53.3 Å². The largest absolute Gasteiger partial charge is 0.496 e. The van der Waals surface area contributed by atoms with E-state index in [2.05, 4.69) is 6.07 Å². The van der Waals surface area contributed by atoms with Gasteiger partial charge in [0.25, 0.3) is 0 Å². The van der Waals surface area contributed by atoms with Crippen LogP contribution in [0.25, 0.3) is 0 Å². The van der Waals surface area contributed by atoms with Crippen LogP contribution in [0, 0.1) is 11.3 Å². The van der Waals surface area contributed by atoms with E-state index in [4.69, 9.17) is 10.00 Å². The van der Waals surface area contributed by atoms with Crippen molar-refractivity contribution in [2.45, 2.75) is 26.3 Å². The molecule has 4 heteroatoms. The number of nitrogens with zero attached hydrogens (tertiary/aromatic N) is 2. The van der Waals surface area contributed by atoms with Gasteiger partial charge in [0.15, 0.2) is 5.78 Å². The van der Waals surface area contributed by atoms with Gasteiger partial charge in [0, 0.05) is 29.9 Å². The van der Waals surface area contributed by atoms with Gasteiger partial charge < -0.3 is 9.30 Å². The van der Waals surface area contributed by atoms with E-state index in [1.54, 1.807) is 19.2 Å². The minimum atomic E-state index is 0.161. The lowest BCUT2D eigenvalue weighted by Gasteiger charge is -2.09. The summed E-state index contributed by atoms with van der Waals surface area (Å²) >= 11 is 0. The van der Waals surface area contributed by atoms with E-state index in [0.717, 1.165) is 23.3 Å². The summed E-state index contributed by atoms with van der Waals surface area (Å²) in [4.78, 5) is 11.9. The number of methoxy groups -OCH3 is 1. The fourth-order valence-corrected chi connectivity index (χ4v) is 2.24. The van der Waals surface area contributed by atoms with Crippen molar-refractivity contribution in [1.29, 1.82) is 5.26 Å². The summed E-state index contributed by atoms with van der Waals surface area (Å²) in [7, 11) is 1.61. The third kappa shape index (κ3) is 3.51. The Morgan fingerprint density at radius 1 is 1.38 bits per heavy atom. The molecule has 4 nitrogen and oxygen atoms in total. The van der Waals surface area contributed by atoms with Gasteiger partial charge in [0.2, 0.25) is 0 Å². The van der Waals surface area contributed by atoms with Crippen molar-refractivity contribution in [3.63, 3.8) is 0 Å². The van der Waals surface area contributed by atoms with E-state index >= 15 is 0 Å². The van der Waals surface area contributed by atoms with Crippen LogP contribution in [-0.2, 0) is 6.54 Å². The normalized spacial score (nSPS) is 10.1. The topological polar surface area (TPSA) is 55.0 Å². The Bertz CT molecular complexity index is 680. The first kappa shape index (κ1) is 14.9. The highest BCUT2D eigenvalue weighted by atomic mass is 16.5. The molecule has 0 saturated heterocycles. The first-order valence-electron chi connectivity index (χ1n) is 6.94. The molecule has 0 atom stereocenters. The Kier molecular flexibility index (Phi) is 4.78. The summed E-state index contributed by atoms with van der Waals surface area (Å²) in [5.74, 6) is 0.901. The van der Waals surface area contributed by atoms with E-state index in [0.29, 0.717) is 18.5 Å². The van der Waals surface area contributed by atoms with E-state index < -0.39 is 0 Å². The third-order valence-corrected chi connectivity index (χ3v) is 3.31. The van der Waals surface area contributed by atoms with Gasteiger partial charge in [-0.15, -0.1) is 0 Å². The Morgan fingerprint density at radius 3 is 2.86 bits per heavy atom. The molecule has 1 aromatic heterocycles. The fourth-order valence-electron chi connectivity index (χ4n) is 2.24. The molecule has 2 aromatic rings. The lowest BCUT2D eigenvalue weighted by atomic mass is 10.1. The van der Waals surface area contributed by atoms with Gasteiger partial charge in [-0.3, -0.25) is 4.79 Å². The smallest absolute Gasteiger partial charge is 0.164 e. The monoisotopic (exact) mass is 282 g/mol. The van der Waals surface area contributed by atoms with Crippen LogP contribution in [0.2, 0.25) is 0 Å². The Morgan fingerprint density at radius 2 is 2.19 bits per heavy atom. The first-order valence-corrected chi connectivity index (χ1v) is 6.94. The van der Waals surface area contributed by atoms with Crippen molar-refractivity contribution in [3.8, 4) is 11.8 Å². The summed E-state index contributed by atoms with van der Waals surface area (Å²) in [6.45, 7) is 2.56. The van der Waals surface area contributed by atoms with Gasteiger partial charge >= 0.3 is 0 Å². The molecule has 0 N–H and O–H groups in total. The molecular weight excluding hydrogens is 264 g/mol. The van der Waals surface area contributed by atoms with Crippen molar-refractivity contribution >= 4 is 5.78 Å². The van der Waals surface area contributed by atoms with Crippen molar-refractivity contribution in [1.82, 2.24) is 4.57 Å². The van der Waals surface area contributed by atoms with E-state index in [1.807, 2.05) is 36.0 Å². The van der Waals surface area contributed by atoms with Crippen LogP contribution >= 0.6 is 0 Å². The highest BCUT2D eigenvalue weighted by Gasteiger charge is 2.09. The zero-order valence-corrected chi connectivity index (χ0v) is 12.3. The average molecular weight is 282 g/mol. The molecule has 0 aliphatic heterocycles. The van der Waals surface area contributed by atoms with Crippen LogP contribution in [0.4, 0.5) is 0 Å². The number of carbonyl (C=O) groups excluding carboxylic acids is 1. The highest BCUT2D eigenvalue weighted by molar-refractivity contribution is 5.95. The standard InChI is InChI=1S/C17H18N2O2/c1-3-4-16(20)14-7-8-19(11-14)12-15-9-13(10-18)5-6-17(15)21-2/h5-9,11H,3-4,12H2,1-2H3. The molecule has 0 saturated carbocycles. The molecule has 0 radical (unpaired) electrons. The second-order valence-corrected chi connectivity index (χ2v) is 4.88. The van der Waals surface area contributed by atoms with Crippen LogP contribution in [0.3, 0.4) is 0 Å². The molecule has 0 aliphatic carbocycles. The minimum absolute atomic E-state index is 0.161. The number of rotatable bonds is 6. The van der Waals surface area contributed by atoms with E-state index in [1.165, 1.54) is 0 Å². The molecule has 0 amide bonds. The molecule has 2 rings (SSSR count). The minimum Gasteiger partial charge on any atom is -0.496 e. The summed E-state index contributed by atoms with van der Waals surface area (Å²) in [6.07, 6.45) is 5.14. The van der Waals surface area contributed by atoms with Gasteiger partial charge in [-0.1, -0.05) is 6.92 Å². The maximum atomic E-state index is 11.9. The fraction of sp³-hybridized carbons (Fsp3) is 0.294. The third-order valence-electron chi connectivity index (χ3n) is 3.31. The summed E-state index contributed by atoms with van der Waals surface area (Å²) in [6, 6.07) is 9.29. The van der Waals surface area contributed by atoms with Gasteiger partial charge in [-0.05, 0) is 30.7 Å². The number of ether oxygens (including phenoxy) is 1. The number of aromatic nitrogens is 1. The zero-order valence-electron chi connectivity index (χ0n) is 12.3. The molecule has 108 valence electrons. The number of hydrogen-bond acceptors (Lipinski definition) is 3. The average Bonchev–Trinajstić information content (AvgIpc) is 2.96. The lowest BCUT2D eigenvalue weighted by Crippen LogP contribution is -2.01. The molecule has 0 fully saturated rings. The maximum Gasteiger partial charge on any atom is 0.164 e. The second kappa shape index (κ2) is 6.76. The van der Waals surface area contributed by atoms with Crippen molar-refractivity contribution in [2.75, 3.05) is 7.11 Å². The SMILES string of the molecule is CCCC(=O)c1ccn(Cc2cc(C#N)ccc2OC)c1. The Hall–Kier alpha value is -2.54. The van der Waals surface area contributed by atoms with Crippen LogP contribution in [0.1, 0.15) is 41.3 Å². The van der Waals surface area contributed by atoms with Crippen LogP contribution in [0.5, 0.6) is 5.75 Å². The Labute approximate surface area is 124 Å². The molecule has 21 heavy (non-hydrogen) atoms. The van der Waals surface area contributed by atoms with Gasteiger partial charge in [0.1, 0.15) is 5.75 Å². The second-order valence-electron chi connectivity index (χ2n) is 4.88. The number of Topliss-reactive ketones (excluding diaryl/α,β-unsaturated/α-hetero) is 1. The van der Waals surface area contributed by atoms with Gasteiger partial charge in [0.05, 0.1) is 25.3 Å². The maximum absolute atomic E-state index is 11.9. The molecule has 0 bridgehead atoms. The quantitative estimate of drug-likeness (QED) is 0.763. The zero-order chi connectivity index (χ0) is 15.2. The highest BCUT2D eigenvalue weighted by Crippen LogP contribution is 2.21. The number of nitriles is 1. The number of hydrogen-bond donors (Lipinski definition) is 0. The number of carbonyl (C=O) groups is 1. The van der Waals surface area contributed by atoms with E-state index in [9.17, 15) is 4.79 Å². The van der Waals surface area contributed by atoms with Gasteiger partial charge in [-0.2, -0.15) is 5.26 Å². The van der Waals surface area contributed by atoms with Crippen molar-refractivity contribution in [2.24, 2.45) is 0 Å². The summed E-state index contributed by atoms with van der Waals surface area (Å²) in [5, 5.41) is 8.99. The van der Waals surface area contributed by atoms with Gasteiger partial charge in [-0.25, -0.2) is 0 Å². The van der Waals surface area contributed by atoms with E-state index in [-0.39, 0.29) is 5.78 Å². The Balaban J connectivity index is 2.22. The van der Waals surface area contributed by atoms with Crippen LogP contribution < -0.4 is 4.74 Å². The molecule has 1 heterocycles. The molecule has 0 spiro atoms. The molecular formula is C17H18N2O2.